The van der Waals surface area contributed by atoms with Crippen LogP contribution in [0.3, 0.4) is 0 Å². The molecule has 1 aliphatic carbocycles. The van der Waals surface area contributed by atoms with Crippen LogP contribution in [0.5, 0.6) is 0 Å². The van der Waals surface area contributed by atoms with Crippen LogP contribution in [0.15, 0.2) is 18.2 Å². The van der Waals surface area contributed by atoms with Crippen molar-refractivity contribution >= 4 is 23.2 Å². The topological polar surface area (TPSA) is 55.1 Å². The molecule has 1 aromatic rings. The van der Waals surface area contributed by atoms with Crippen molar-refractivity contribution in [2.24, 2.45) is 11.8 Å². The molecule has 0 radical (unpaired) electrons. The first-order valence-corrected chi connectivity index (χ1v) is 6.79. The van der Waals surface area contributed by atoms with Gasteiger partial charge in [0.2, 0.25) is 0 Å². The number of halogens is 1. The van der Waals surface area contributed by atoms with E-state index in [4.69, 9.17) is 17.3 Å². The standard InChI is InChI=1S/C14H19ClN2O/c1-9-4-2-5-10(9)8-17-14(18)11-6-3-7-12(15)13(11)16/h3,6-7,9-10H,2,4-5,8,16H2,1H3,(H,17,18). The van der Waals surface area contributed by atoms with Gasteiger partial charge in [0.1, 0.15) is 0 Å². The van der Waals surface area contributed by atoms with Gasteiger partial charge >= 0.3 is 0 Å². The number of benzene rings is 1. The molecule has 2 rings (SSSR count). The van der Waals surface area contributed by atoms with Crippen molar-refractivity contribution in [2.45, 2.75) is 26.2 Å². The van der Waals surface area contributed by atoms with Gasteiger partial charge in [0.05, 0.1) is 16.3 Å². The predicted molar refractivity (Wildman–Crippen MR) is 74.7 cm³/mol. The normalized spacial score (nSPS) is 23.0. The lowest BCUT2D eigenvalue weighted by molar-refractivity contribution is 0.0945. The molecule has 0 spiro atoms. The Kier molecular flexibility index (Phi) is 4.12. The number of hydrogen-bond donors (Lipinski definition) is 2. The first-order chi connectivity index (χ1) is 8.59. The predicted octanol–water partition coefficient (Wildman–Crippen LogP) is 3.09. The molecule has 18 heavy (non-hydrogen) atoms. The molecule has 1 aliphatic rings. The minimum absolute atomic E-state index is 0.130. The molecule has 0 saturated heterocycles. The van der Waals surface area contributed by atoms with Crippen LogP contribution in [-0.2, 0) is 0 Å². The Bertz CT molecular complexity index is 447. The van der Waals surface area contributed by atoms with Crippen molar-refractivity contribution < 1.29 is 4.79 Å². The summed E-state index contributed by atoms with van der Waals surface area (Å²) < 4.78 is 0. The van der Waals surface area contributed by atoms with Gasteiger partial charge in [-0.3, -0.25) is 4.79 Å². The Labute approximate surface area is 113 Å². The largest absolute Gasteiger partial charge is 0.397 e. The van der Waals surface area contributed by atoms with E-state index in [0.717, 1.165) is 6.54 Å². The average Bonchev–Trinajstić information content (AvgIpc) is 2.75. The van der Waals surface area contributed by atoms with Crippen molar-refractivity contribution in [3.8, 4) is 0 Å². The van der Waals surface area contributed by atoms with Gasteiger partial charge in [0, 0.05) is 6.54 Å². The van der Waals surface area contributed by atoms with Crippen LogP contribution in [0.2, 0.25) is 5.02 Å². The molecule has 1 amide bonds. The highest BCUT2D eigenvalue weighted by Crippen LogP contribution is 2.30. The summed E-state index contributed by atoms with van der Waals surface area (Å²) in [5.74, 6) is 1.16. The van der Waals surface area contributed by atoms with E-state index in [9.17, 15) is 4.79 Å². The van der Waals surface area contributed by atoms with E-state index in [0.29, 0.717) is 28.1 Å². The fourth-order valence-corrected chi connectivity index (χ4v) is 2.75. The second kappa shape index (κ2) is 5.61. The molecular weight excluding hydrogens is 248 g/mol. The Morgan fingerprint density at radius 2 is 2.28 bits per heavy atom. The zero-order chi connectivity index (χ0) is 13.1. The molecule has 1 fully saturated rings. The van der Waals surface area contributed by atoms with E-state index < -0.39 is 0 Å². The molecule has 0 aliphatic heterocycles. The molecule has 4 heteroatoms. The van der Waals surface area contributed by atoms with Gasteiger partial charge in [-0.1, -0.05) is 37.4 Å². The maximum atomic E-state index is 12.0. The Morgan fingerprint density at radius 1 is 1.50 bits per heavy atom. The van der Waals surface area contributed by atoms with Crippen molar-refractivity contribution in [1.29, 1.82) is 0 Å². The first-order valence-electron chi connectivity index (χ1n) is 6.41. The monoisotopic (exact) mass is 266 g/mol. The number of rotatable bonds is 3. The minimum atomic E-state index is -0.130. The number of anilines is 1. The molecule has 0 bridgehead atoms. The molecule has 0 heterocycles. The van der Waals surface area contributed by atoms with E-state index in [2.05, 4.69) is 12.2 Å². The van der Waals surface area contributed by atoms with Crippen LogP contribution in [-0.4, -0.2) is 12.5 Å². The Balaban J connectivity index is 1.97. The SMILES string of the molecule is CC1CCCC1CNC(=O)c1cccc(Cl)c1N. The van der Waals surface area contributed by atoms with E-state index >= 15 is 0 Å². The van der Waals surface area contributed by atoms with Gasteiger partial charge in [0.15, 0.2) is 0 Å². The number of para-hydroxylation sites is 1. The van der Waals surface area contributed by atoms with Crippen molar-refractivity contribution in [3.63, 3.8) is 0 Å². The van der Waals surface area contributed by atoms with E-state index in [1.165, 1.54) is 19.3 Å². The summed E-state index contributed by atoms with van der Waals surface area (Å²) in [6.07, 6.45) is 3.73. The number of amides is 1. The quantitative estimate of drug-likeness (QED) is 0.826. The summed E-state index contributed by atoms with van der Waals surface area (Å²) in [4.78, 5) is 12.0. The summed E-state index contributed by atoms with van der Waals surface area (Å²) in [6, 6.07) is 5.13. The van der Waals surface area contributed by atoms with Crippen LogP contribution in [0.25, 0.3) is 0 Å². The molecular formula is C14H19ClN2O. The molecule has 2 unspecified atom stereocenters. The van der Waals surface area contributed by atoms with Gasteiger partial charge in [0.25, 0.3) is 5.91 Å². The fourth-order valence-electron chi connectivity index (χ4n) is 2.58. The lowest BCUT2D eigenvalue weighted by atomic mass is 9.98. The third-order valence-electron chi connectivity index (χ3n) is 3.86. The van der Waals surface area contributed by atoms with Crippen molar-refractivity contribution in [2.75, 3.05) is 12.3 Å². The lowest BCUT2D eigenvalue weighted by Crippen LogP contribution is -2.30. The van der Waals surface area contributed by atoms with Gasteiger partial charge in [-0.2, -0.15) is 0 Å². The molecule has 3 N–H and O–H groups in total. The van der Waals surface area contributed by atoms with Crippen LogP contribution >= 0.6 is 11.6 Å². The van der Waals surface area contributed by atoms with Crippen LogP contribution < -0.4 is 11.1 Å². The minimum Gasteiger partial charge on any atom is -0.397 e. The summed E-state index contributed by atoms with van der Waals surface area (Å²) in [5, 5.41) is 3.39. The molecule has 0 aromatic heterocycles. The van der Waals surface area contributed by atoms with E-state index in [1.807, 2.05) is 0 Å². The average molecular weight is 267 g/mol. The molecule has 1 aromatic carbocycles. The number of hydrogen-bond acceptors (Lipinski definition) is 2. The Hall–Kier alpha value is -1.22. The zero-order valence-corrected chi connectivity index (χ0v) is 11.3. The van der Waals surface area contributed by atoms with Crippen LogP contribution in [0.1, 0.15) is 36.5 Å². The maximum Gasteiger partial charge on any atom is 0.253 e. The van der Waals surface area contributed by atoms with Gasteiger partial charge in [-0.15, -0.1) is 0 Å². The highest BCUT2D eigenvalue weighted by molar-refractivity contribution is 6.33. The van der Waals surface area contributed by atoms with Gasteiger partial charge in [-0.05, 0) is 30.4 Å². The molecule has 2 atom stereocenters. The van der Waals surface area contributed by atoms with Gasteiger partial charge < -0.3 is 11.1 Å². The zero-order valence-electron chi connectivity index (χ0n) is 10.6. The van der Waals surface area contributed by atoms with E-state index in [1.54, 1.807) is 18.2 Å². The number of nitrogens with one attached hydrogen (secondary N) is 1. The molecule has 98 valence electrons. The maximum absolute atomic E-state index is 12.0. The summed E-state index contributed by atoms with van der Waals surface area (Å²) >= 11 is 5.90. The second-order valence-electron chi connectivity index (χ2n) is 5.08. The molecule has 3 nitrogen and oxygen atoms in total. The van der Waals surface area contributed by atoms with Gasteiger partial charge in [-0.25, -0.2) is 0 Å². The summed E-state index contributed by atoms with van der Waals surface area (Å²) in [6.45, 7) is 2.98. The van der Waals surface area contributed by atoms with Crippen molar-refractivity contribution in [3.05, 3.63) is 28.8 Å². The third-order valence-corrected chi connectivity index (χ3v) is 4.19. The fraction of sp³-hybridized carbons (Fsp3) is 0.500. The number of carbonyl (C=O) groups excluding carboxylic acids is 1. The van der Waals surface area contributed by atoms with Crippen LogP contribution in [0, 0.1) is 11.8 Å². The van der Waals surface area contributed by atoms with Crippen molar-refractivity contribution in [1.82, 2.24) is 5.32 Å². The first kappa shape index (κ1) is 13.2. The number of nitrogens with two attached hydrogens (primary N) is 1. The number of carbonyl (C=O) groups is 1. The Morgan fingerprint density at radius 3 is 2.94 bits per heavy atom. The summed E-state index contributed by atoms with van der Waals surface area (Å²) in [7, 11) is 0. The highest BCUT2D eigenvalue weighted by Gasteiger charge is 2.24. The van der Waals surface area contributed by atoms with Crippen LogP contribution in [0.4, 0.5) is 5.69 Å². The third kappa shape index (κ3) is 2.78. The van der Waals surface area contributed by atoms with E-state index in [-0.39, 0.29) is 5.91 Å². The lowest BCUT2D eigenvalue weighted by Gasteiger charge is -2.16. The molecule has 1 saturated carbocycles. The smallest absolute Gasteiger partial charge is 0.253 e. The highest BCUT2D eigenvalue weighted by atomic mass is 35.5. The summed E-state index contributed by atoms with van der Waals surface area (Å²) in [5.41, 5.74) is 6.63. The second-order valence-corrected chi connectivity index (χ2v) is 5.49. The number of nitrogen functional groups attached to an aromatic ring is 1.